The van der Waals surface area contributed by atoms with Crippen LogP contribution in [0, 0.1) is 6.92 Å². The lowest BCUT2D eigenvalue weighted by Gasteiger charge is -2.35. The van der Waals surface area contributed by atoms with Crippen LogP contribution in [0.4, 0.5) is 11.8 Å². The largest absolute Gasteiger partial charge is 0.353 e. The van der Waals surface area contributed by atoms with Crippen molar-refractivity contribution in [2.45, 2.75) is 6.92 Å². The molecule has 4 heterocycles. The number of hydrogen-bond acceptors (Lipinski definition) is 6. The molecule has 4 rings (SSSR count). The van der Waals surface area contributed by atoms with Crippen molar-refractivity contribution in [2.24, 2.45) is 0 Å². The molecule has 1 aliphatic rings. The smallest absolute Gasteiger partial charge is 0.225 e. The van der Waals surface area contributed by atoms with Crippen molar-refractivity contribution >= 4 is 33.2 Å². The molecule has 0 bridgehead atoms. The number of thiophene rings is 1. The van der Waals surface area contributed by atoms with Gasteiger partial charge < -0.3 is 9.80 Å². The Kier molecular flexibility index (Phi) is 3.38. The van der Waals surface area contributed by atoms with Gasteiger partial charge in [0, 0.05) is 54.4 Å². The number of piperazine rings is 1. The molecule has 0 unspecified atom stereocenters. The minimum Gasteiger partial charge on any atom is -0.353 e. The summed E-state index contributed by atoms with van der Waals surface area (Å²) in [4.78, 5) is 18.1. The molecule has 0 N–H and O–H groups in total. The Morgan fingerprint density at radius 3 is 2.55 bits per heavy atom. The predicted molar refractivity (Wildman–Crippen MR) is 90.8 cm³/mol. The molecule has 3 aromatic rings. The van der Waals surface area contributed by atoms with Gasteiger partial charge in [0.15, 0.2) is 0 Å². The first-order valence-electron chi connectivity index (χ1n) is 7.43. The zero-order chi connectivity index (χ0) is 14.9. The van der Waals surface area contributed by atoms with Crippen LogP contribution in [0.1, 0.15) is 5.69 Å². The number of aryl methyl sites for hydroxylation is 1. The van der Waals surface area contributed by atoms with Gasteiger partial charge in [-0.15, -0.1) is 11.3 Å². The zero-order valence-electron chi connectivity index (χ0n) is 12.4. The molecule has 112 valence electrons. The Hall–Kier alpha value is -2.21. The van der Waals surface area contributed by atoms with Crippen LogP contribution in [-0.2, 0) is 0 Å². The maximum atomic E-state index is 4.60. The lowest BCUT2D eigenvalue weighted by molar-refractivity contribution is 0.635. The fraction of sp³-hybridized carbons (Fsp3) is 0.312. The van der Waals surface area contributed by atoms with E-state index in [1.165, 1.54) is 10.1 Å². The first-order valence-corrected chi connectivity index (χ1v) is 8.31. The Labute approximate surface area is 133 Å². The molecule has 3 aromatic heterocycles. The molecule has 0 atom stereocenters. The van der Waals surface area contributed by atoms with E-state index >= 15 is 0 Å². The van der Waals surface area contributed by atoms with Crippen LogP contribution in [-0.4, -0.2) is 41.1 Å². The van der Waals surface area contributed by atoms with Crippen LogP contribution in [0.15, 0.2) is 36.0 Å². The second kappa shape index (κ2) is 5.53. The first kappa shape index (κ1) is 13.5. The number of anilines is 2. The average Bonchev–Trinajstić information content (AvgIpc) is 3.04. The predicted octanol–water partition coefficient (Wildman–Crippen LogP) is 2.72. The molecule has 1 saturated heterocycles. The highest BCUT2D eigenvalue weighted by Crippen LogP contribution is 2.29. The summed E-state index contributed by atoms with van der Waals surface area (Å²) in [7, 11) is 0. The van der Waals surface area contributed by atoms with Crippen LogP contribution in [0.25, 0.3) is 10.1 Å². The van der Waals surface area contributed by atoms with Gasteiger partial charge >= 0.3 is 0 Å². The van der Waals surface area contributed by atoms with E-state index < -0.39 is 0 Å². The minimum atomic E-state index is 0.835. The van der Waals surface area contributed by atoms with Gasteiger partial charge in [-0.25, -0.2) is 15.0 Å². The molecule has 1 fully saturated rings. The monoisotopic (exact) mass is 311 g/mol. The summed E-state index contributed by atoms with van der Waals surface area (Å²) < 4.78 is 1.30. The van der Waals surface area contributed by atoms with Crippen molar-refractivity contribution in [1.29, 1.82) is 0 Å². The molecule has 0 spiro atoms. The number of hydrogen-bond donors (Lipinski definition) is 0. The summed E-state index contributed by atoms with van der Waals surface area (Å²) in [5.74, 6) is 1.94. The summed E-state index contributed by atoms with van der Waals surface area (Å²) in [5, 5.41) is 3.39. The lowest BCUT2D eigenvalue weighted by atomic mass is 10.2. The Morgan fingerprint density at radius 2 is 1.73 bits per heavy atom. The third kappa shape index (κ3) is 2.39. The van der Waals surface area contributed by atoms with Crippen LogP contribution in [0.3, 0.4) is 0 Å². The maximum absolute atomic E-state index is 4.60. The highest BCUT2D eigenvalue weighted by molar-refractivity contribution is 7.17. The standard InChI is InChI=1S/C16H17N5S/c1-12-2-5-18-16(19-12)21-9-7-20(8-10-21)15-13-4-11-22-14(13)3-6-17-15/h2-6,11H,7-10H2,1H3. The van der Waals surface area contributed by atoms with E-state index in [0.29, 0.717) is 0 Å². The van der Waals surface area contributed by atoms with Gasteiger partial charge in [0.2, 0.25) is 5.95 Å². The molecule has 6 heteroatoms. The topological polar surface area (TPSA) is 45.2 Å². The van der Waals surface area contributed by atoms with Crippen molar-refractivity contribution < 1.29 is 0 Å². The number of rotatable bonds is 2. The van der Waals surface area contributed by atoms with E-state index in [2.05, 4.69) is 42.3 Å². The molecule has 1 aliphatic heterocycles. The highest BCUT2D eigenvalue weighted by atomic mass is 32.1. The molecule has 5 nitrogen and oxygen atoms in total. The second-order valence-electron chi connectivity index (χ2n) is 5.44. The summed E-state index contributed by atoms with van der Waals surface area (Å²) in [6.07, 6.45) is 3.74. The van der Waals surface area contributed by atoms with Crippen LogP contribution < -0.4 is 9.80 Å². The van der Waals surface area contributed by atoms with Crippen molar-refractivity contribution in [2.75, 3.05) is 36.0 Å². The zero-order valence-corrected chi connectivity index (χ0v) is 13.3. The SMILES string of the molecule is Cc1ccnc(N2CCN(c3nccc4sccc34)CC2)n1. The summed E-state index contributed by atoms with van der Waals surface area (Å²) in [6, 6.07) is 6.18. The molecule has 0 aromatic carbocycles. The quantitative estimate of drug-likeness (QED) is 0.728. The number of fused-ring (bicyclic) bond motifs is 1. The molecule has 0 amide bonds. The molecule has 0 radical (unpaired) electrons. The van der Waals surface area contributed by atoms with Crippen molar-refractivity contribution in [3.05, 3.63) is 41.7 Å². The molecule has 22 heavy (non-hydrogen) atoms. The summed E-state index contributed by atoms with van der Waals surface area (Å²) in [5.41, 5.74) is 1.01. The Morgan fingerprint density at radius 1 is 0.955 bits per heavy atom. The van der Waals surface area contributed by atoms with Gasteiger partial charge in [0.05, 0.1) is 0 Å². The van der Waals surface area contributed by atoms with Crippen LogP contribution >= 0.6 is 11.3 Å². The van der Waals surface area contributed by atoms with Crippen molar-refractivity contribution in [3.63, 3.8) is 0 Å². The van der Waals surface area contributed by atoms with Crippen LogP contribution in [0.5, 0.6) is 0 Å². The molecule has 0 aliphatic carbocycles. The molecular weight excluding hydrogens is 294 g/mol. The van der Waals surface area contributed by atoms with E-state index in [1.54, 1.807) is 11.3 Å². The highest BCUT2D eigenvalue weighted by Gasteiger charge is 2.21. The third-order valence-corrected chi connectivity index (χ3v) is 4.89. The average molecular weight is 311 g/mol. The Bertz CT molecular complexity index is 792. The maximum Gasteiger partial charge on any atom is 0.225 e. The summed E-state index contributed by atoms with van der Waals surface area (Å²) in [6.45, 7) is 5.73. The van der Waals surface area contributed by atoms with Gasteiger partial charge in [-0.2, -0.15) is 0 Å². The molecular formula is C16H17N5S. The van der Waals surface area contributed by atoms with Gasteiger partial charge in [0.25, 0.3) is 0 Å². The summed E-state index contributed by atoms with van der Waals surface area (Å²) >= 11 is 1.77. The van der Waals surface area contributed by atoms with E-state index in [0.717, 1.165) is 43.6 Å². The lowest BCUT2D eigenvalue weighted by Crippen LogP contribution is -2.47. The van der Waals surface area contributed by atoms with Gasteiger partial charge in [-0.05, 0) is 30.5 Å². The third-order valence-electron chi connectivity index (χ3n) is 4.00. The minimum absolute atomic E-state index is 0.835. The second-order valence-corrected chi connectivity index (χ2v) is 6.39. The van der Waals surface area contributed by atoms with Crippen LogP contribution in [0.2, 0.25) is 0 Å². The molecule has 0 saturated carbocycles. The number of pyridine rings is 1. The van der Waals surface area contributed by atoms with E-state index in [4.69, 9.17) is 0 Å². The normalized spacial score (nSPS) is 15.5. The number of nitrogens with zero attached hydrogens (tertiary/aromatic N) is 5. The Balaban J connectivity index is 1.53. The number of aromatic nitrogens is 3. The van der Waals surface area contributed by atoms with Gasteiger partial charge in [0.1, 0.15) is 5.82 Å². The van der Waals surface area contributed by atoms with E-state index in [9.17, 15) is 0 Å². The van der Waals surface area contributed by atoms with Gasteiger partial charge in [-0.3, -0.25) is 0 Å². The van der Waals surface area contributed by atoms with Crippen molar-refractivity contribution in [1.82, 2.24) is 15.0 Å². The van der Waals surface area contributed by atoms with Crippen molar-refractivity contribution in [3.8, 4) is 0 Å². The van der Waals surface area contributed by atoms with Gasteiger partial charge in [-0.1, -0.05) is 0 Å². The first-order chi connectivity index (χ1) is 10.8. The van der Waals surface area contributed by atoms with E-state index in [1.807, 2.05) is 25.4 Å². The van der Waals surface area contributed by atoms with E-state index in [-0.39, 0.29) is 0 Å². The fourth-order valence-corrected chi connectivity index (χ4v) is 3.61. The fourth-order valence-electron chi connectivity index (χ4n) is 2.84.